The molecule has 2 nitrogen and oxygen atoms in total. The number of rotatable bonds is 3. The Labute approximate surface area is 105 Å². The molecule has 0 atom stereocenters. The van der Waals surface area contributed by atoms with Crippen molar-refractivity contribution < 1.29 is 9.13 Å². The number of hydrogen-bond acceptors (Lipinski definition) is 3. The van der Waals surface area contributed by atoms with Gasteiger partial charge in [0.1, 0.15) is 12.4 Å². The van der Waals surface area contributed by atoms with E-state index in [1.165, 1.54) is 12.1 Å². The van der Waals surface area contributed by atoms with Crippen molar-refractivity contribution in [3.8, 4) is 5.75 Å². The van der Waals surface area contributed by atoms with Crippen LogP contribution in [0.2, 0.25) is 0 Å². The van der Waals surface area contributed by atoms with Gasteiger partial charge in [-0.2, -0.15) is 0 Å². The molecule has 2 N–H and O–H groups in total. The van der Waals surface area contributed by atoms with Gasteiger partial charge in [-0.25, -0.2) is 4.39 Å². The van der Waals surface area contributed by atoms with Crippen molar-refractivity contribution in [3.63, 3.8) is 0 Å². The van der Waals surface area contributed by atoms with Crippen LogP contribution in [0.3, 0.4) is 0 Å². The summed E-state index contributed by atoms with van der Waals surface area (Å²) in [6.45, 7) is 0.437. The smallest absolute Gasteiger partial charge is 0.157 e. The summed E-state index contributed by atoms with van der Waals surface area (Å²) in [6, 6.07) is 6.50. The van der Waals surface area contributed by atoms with Crippen LogP contribution in [0.4, 0.5) is 10.1 Å². The maximum atomic E-state index is 13.0. The predicted molar refractivity (Wildman–Crippen MR) is 67.2 cm³/mol. The molecule has 0 aliphatic carbocycles. The maximum absolute atomic E-state index is 13.0. The average molecular weight is 302 g/mol. The number of ether oxygens (including phenoxy) is 1. The summed E-state index contributed by atoms with van der Waals surface area (Å²) in [6.07, 6.45) is 0. The van der Waals surface area contributed by atoms with E-state index in [0.29, 0.717) is 22.5 Å². The van der Waals surface area contributed by atoms with Crippen LogP contribution in [0.1, 0.15) is 4.88 Å². The average Bonchev–Trinajstić information content (AvgIpc) is 2.68. The normalized spacial score (nSPS) is 10.4. The van der Waals surface area contributed by atoms with Crippen LogP contribution in [-0.4, -0.2) is 0 Å². The first-order chi connectivity index (χ1) is 7.66. The predicted octanol–water partition coefficient (Wildman–Crippen LogP) is 3.81. The van der Waals surface area contributed by atoms with E-state index in [9.17, 15) is 4.39 Å². The first-order valence-corrected chi connectivity index (χ1v) is 6.24. The van der Waals surface area contributed by atoms with Gasteiger partial charge in [-0.15, -0.1) is 11.3 Å². The fourth-order valence-electron chi connectivity index (χ4n) is 1.27. The summed E-state index contributed by atoms with van der Waals surface area (Å²) in [4.78, 5) is 1.09. The minimum Gasteiger partial charge on any atom is -0.485 e. The first-order valence-electron chi connectivity index (χ1n) is 4.56. The van der Waals surface area contributed by atoms with Crippen LogP contribution in [0, 0.1) is 5.82 Å². The van der Waals surface area contributed by atoms with Crippen molar-refractivity contribution in [1.82, 2.24) is 0 Å². The Balaban J connectivity index is 2.15. The molecule has 0 spiro atoms. The molecule has 0 aliphatic heterocycles. The quantitative estimate of drug-likeness (QED) is 0.875. The van der Waals surface area contributed by atoms with Gasteiger partial charge in [0, 0.05) is 10.9 Å². The Morgan fingerprint density at radius 2 is 2.25 bits per heavy atom. The van der Waals surface area contributed by atoms with Crippen LogP contribution < -0.4 is 10.5 Å². The van der Waals surface area contributed by atoms with Crippen molar-refractivity contribution in [1.29, 1.82) is 0 Å². The standard InChI is InChI=1S/C11H9BrFNOS/c12-9-4-7(13)5-10(14)11(9)15-6-8-2-1-3-16-8/h1-5H,6,14H2. The van der Waals surface area contributed by atoms with Crippen molar-refractivity contribution in [2.75, 3.05) is 5.73 Å². The van der Waals surface area contributed by atoms with E-state index in [1.807, 2.05) is 17.5 Å². The van der Waals surface area contributed by atoms with E-state index in [-0.39, 0.29) is 5.82 Å². The SMILES string of the molecule is Nc1cc(F)cc(Br)c1OCc1cccs1. The monoisotopic (exact) mass is 301 g/mol. The Hall–Kier alpha value is -1.07. The molecule has 2 aromatic rings. The van der Waals surface area contributed by atoms with Crippen LogP contribution in [0.25, 0.3) is 0 Å². The molecule has 1 aromatic carbocycles. The summed E-state index contributed by atoms with van der Waals surface area (Å²) in [5.41, 5.74) is 5.96. The lowest BCUT2D eigenvalue weighted by Gasteiger charge is -2.10. The largest absolute Gasteiger partial charge is 0.485 e. The van der Waals surface area contributed by atoms with Crippen LogP contribution in [0.5, 0.6) is 5.75 Å². The van der Waals surface area contributed by atoms with Gasteiger partial charge in [-0.3, -0.25) is 0 Å². The lowest BCUT2D eigenvalue weighted by atomic mass is 10.3. The molecule has 0 amide bonds. The second kappa shape index (κ2) is 4.84. The van der Waals surface area contributed by atoms with Gasteiger partial charge >= 0.3 is 0 Å². The van der Waals surface area contributed by atoms with Crippen LogP contribution in [0.15, 0.2) is 34.1 Å². The Bertz CT molecular complexity index is 464. The minimum atomic E-state index is -0.382. The van der Waals surface area contributed by atoms with Gasteiger partial charge in [-0.1, -0.05) is 6.07 Å². The van der Waals surface area contributed by atoms with Gasteiger partial charge in [-0.05, 0) is 33.4 Å². The van der Waals surface area contributed by atoms with Gasteiger partial charge in [0.15, 0.2) is 5.75 Å². The fourth-order valence-corrected chi connectivity index (χ4v) is 2.45. The van der Waals surface area contributed by atoms with E-state index in [4.69, 9.17) is 10.5 Å². The second-order valence-corrected chi connectivity index (χ2v) is 5.06. The molecular formula is C11H9BrFNOS. The van der Waals surface area contributed by atoms with E-state index in [0.717, 1.165) is 4.88 Å². The highest BCUT2D eigenvalue weighted by Crippen LogP contribution is 2.33. The highest BCUT2D eigenvalue weighted by molar-refractivity contribution is 9.10. The third-order valence-corrected chi connectivity index (χ3v) is 3.41. The molecule has 2 rings (SSSR count). The third kappa shape index (κ3) is 2.54. The molecule has 0 saturated carbocycles. The second-order valence-electron chi connectivity index (χ2n) is 3.17. The molecule has 0 fully saturated rings. The molecule has 0 aliphatic rings. The Kier molecular flexibility index (Phi) is 3.46. The summed E-state index contributed by atoms with van der Waals surface area (Å²) >= 11 is 4.82. The number of hydrogen-bond donors (Lipinski definition) is 1. The number of nitrogen functional groups attached to an aromatic ring is 1. The number of anilines is 1. The van der Waals surface area contributed by atoms with E-state index < -0.39 is 0 Å². The third-order valence-electron chi connectivity index (χ3n) is 1.98. The number of halogens is 2. The lowest BCUT2D eigenvalue weighted by molar-refractivity contribution is 0.309. The number of nitrogens with two attached hydrogens (primary N) is 1. The molecule has 5 heteroatoms. The highest BCUT2D eigenvalue weighted by atomic mass is 79.9. The van der Waals surface area contributed by atoms with Crippen LogP contribution in [-0.2, 0) is 6.61 Å². The zero-order chi connectivity index (χ0) is 11.5. The van der Waals surface area contributed by atoms with Gasteiger partial charge < -0.3 is 10.5 Å². The molecule has 0 radical (unpaired) electrons. The molecule has 0 bridgehead atoms. The summed E-state index contributed by atoms with van der Waals surface area (Å²) in [5, 5.41) is 1.97. The van der Waals surface area contributed by atoms with Crippen molar-refractivity contribution in [3.05, 3.63) is 44.8 Å². The lowest BCUT2D eigenvalue weighted by Crippen LogP contribution is -1.99. The zero-order valence-corrected chi connectivity index (χ0v) is 10.6. The van der Waals surface area contributed by atoms with Gasteiger partial charge in [0.2, 0.25) is 0 Å². The molecule has 0 unspecified atom stereocenters. The molecule has 0 saturated heterocycles. The molecule has 16 heavy (non-hydrogen) atoms. The van der Waals surface area contributed by atoms with Crippen molar-refractivity contribution >= 4 is 33.0 Å². The summed E-state index contributed by atoms with van der Waals surface area (Å²) in [5.74, 6) is 0.0997. The molecule has 1 heterocycles. The van der Waals surface area contributed by atoms with Crippen molar-refractivity contribution in [2.45, 2.75) is 6.61 Å². The van der Waals surface area contributed by atoms with E-state index in [2.05, 4.69) is 15.9 Å². The van der Waals surface area contributed by atoms with Crippen LogP contribution >= 0.6 is 27.3 Å². The zero-order valence-electron chi connectivity index (χ0n) is 8.24. The first kappa shape index (κ1) is 11.4. The van der Waals surface area contributed by atoms with Gasteiger partial charge in [0.05, 0.1) is 10.2 Å². The topological polar surface area (TPSA) is 35.2 Å². The Morgan fingerprint density at radius 3 is 2.88 bits per heavy atom. The summed E-state index contributed by atoms with van der Waals surface area (Å²) in [7, 11) is 0. The van der Waals surface area contributed by atoms with Crippen molar-refractivity contribution in [2.24, 2.45) is 0 Å². The highest BCUT2D eigenvalue weighted by Gasteiger charge is 2.08. The van der Waals surface area contributed by atoms with E-state index in [1.54, 1.807) is 11.3 Å². The molecule has 84 valence electrons. The number of benzene rings is 1. The number of thiophene rings is 1. The summed E-state index contributed by atoms with van der Waals surface area (Å²) < 4.78 is 19.0. The maximum Gasteiger partial charge on any atom is 0.157 e. The molecule has 1 aromatic heterocycles. The Morgan fingerprint density at radius 1 is 1.44 bits per heavy atom. The minimum absolute atomic E-state index is 0.295. The van der Waals surface area contributed by atoms with Gasteiger partial charge in [0.25, 0.3) is 0 Å². The molecular weight excluding hydrogens is 293 g/mol. The fraction of sp³-hybridized carbons (Fsp3) is 0.0909. The van der Waals surface area contributed by atoms with E-state index >= 15 is 0 Å².